The number of piperidine rings is 1. The van der Waals surface area contributed by atoms with Crippen LogP contribution in [-0.2, 0) is 4.79 Å². The van der Waals surface area contributed by atoms with Crippen LogP contribution in [0.5, 0.6) is 0 Å². The maximum absolute atomic E-state index is 13.2. The van der Waals surface area contributed by atoms with Gasteiger partial charge in [0.25, 0.3) is 0 Å². The molecule has 0 amide bonds. The molecule has 1 aromatic carbocycles. The Balaban J connectivity index is 1.83. The van der Waals surface area contributed by atoms with Crippen LogP contribution in [-0.4, -0.2) is 34.2 Å². The summed E-state index contributed by atoms with van der Waals surface area (Å²) >= 11 is 0. The van der Waals surface area contributed by atoms with Crippen molar-refractivity contribution in [1.29, 1.82) is 0 Å². The van der Waals surface area contributed by atoms with E-state index in [0.717, 1.165) is 37.9 Å². The number of Topliss-reactive ketones (excluding diaryl/α,β-unsaturated/α-hetero) is 2. The molecule has 1 atom stereocenters. The van der Waals surface area contributed by atoms with Crippen molar-refractivity contribution in [2.75, 3.05) is 13.1 Å². The van der Waals surface area contributed by atoms with Crippen molar-refractivity contribution in [3.05, 3.63) is 54.1 Å². The summed E-state index contributed by atoms with van der Waals surface area (Å²) in [7, 11) is 0. The summed E-state index contributed by atoms with van der Waals surface area (Å²) in [6.07, 6.45) is 6.48. The fourth-order valence-electron chi connectivity index (χ4n) is 4.07. The Bertz CT molecular complexity index is 776. The lowest BCUT2D eigenvalue weighted by Crippen LogP contribution is -2.43. The van der Waals surface area contributed by atoms with Gasteiger partial charge in [0.1, 0.15) is 11.5 Å². The fourth-order valence-corrected chi connectivity index (χ4v) is 4.07. The highest BCUT2D eigenvalue weighted by molar-refractivity contribution is 5.99. The van der Waals surface area contributed by atoms with Crippen LogP contribution in [0, 0.1) is 5.41 Å². The largest absolute Gasteiger partial charge is 0.321 e. The van der Waals surface area contributed by atoms with Gasteiger partial charge in [0.2, 0.25) is 0 Å². The monoisotopic (exact) mass is 367 g/mol. The molecule has 0 saturated carbocycles. The predicted molar refractivity (Wildman–Crippen MR) is 106 cm³/mol. The lowest BCUT2D eigenvalue weighted by atomic mass is 9.70. The summed E-state index contributed by atoms with van der Waals surface area (Å²) < 4.78 is 1.93. The highest BCUT2D eigenvalue weighted by Crippen LogP contribution is 2.37. The van der Waals surface area contributed by atoms with E-state index in [4.69, 9.17) is 0 Å². The first-order valence-electron chi connectivity index (χ1n) is 9.91. The Morgan fingerprint density at radius 2 is 1.93 bits per heavy atom. The quantitative estimate of drug-likeness (QED) is 0.721. The van der Waals surface area contributed by atoms with Gasteiger partial charge in [0.05, 0.1) is 18.6 Å². The molecule has 1 unspecified atom stereocenters. The van der Waals surface area contributed by atoms with Gasteiger partial charge in [-0.25, -0.2) is 4.98 Å². The van der Waals surface area contributed by atoms with Crippen LogP contribution < -0.4 is 5.32 Å². The highest BCUT2D eigenvalue weighted by atomic mass is 16.1. The summed E-state index contributed by atoms with van der Waals surface area (Å²) in [5.41, 5.74) is 1.19. The molecule has 1 aliphatic heterocycles. The molecule has 27 heavy (non-hydrogen) atoms. The van der Waals surface area contributed by atoms with Gasteiger partial charge in [-0.3, -0.25) is 9.59 Å². The molecule has 1 aliphatic rings. The third kappa shape index (κ3) is 4.19. The molecular weight excluding hydrogens is 338 g/mol. The van der Waals surface area contributed by atoms with Gasteiger partial charge in [0.15, 0.2) is 5.78 Å². The summed E-state index contributed by atoms with van der Waals surface area (Å²) in [6.45, 7) is 5.67. The van der Waals surface area contributed by atoms with Gasteiger partial charge in [-0.1, -0.05) is 37.3 Å². The minimum atomic E-state index is -0.524. The summed E-state index contributed by atoms with van der Waals surface area (Å²) in [5.74, 6) is 0.253. The lowest BCUT2D eigenvalue weighted by Gasteiger charge is -2.36. The maximum Gasteiger partial charge on any atom is 0.181 e. The number of benzene rings is 1. The minimum absolute atomic E-state index is 0.0154. The number of carbonyl (C=O) groups excluding carboxylic acids is 2. The second-order valence-corrected chi connectivity index (χ2v) is 7.58. The van der Waals surface area contributed by atoms with Crippen LogP contribution in [0.4, 0.5) is 0 Å². The van der Waals surface area contributed by atoms with Gasteiger partial charge < -0.3 is 9.88 Å². The molecule has 5 heteroatoms. The van der Waals surface area contributed by atoms with Gasteiger partial charge in [-0.05, 0) is 44.8 Å². The predicted octanol–water partition coefficient (Wildman–Crippen LogP) is 3.80. The van der Waals surface area contributed by atoms with E-state index in [2.05, 4.69) is 29.4 Å². The molecule has 1 saturated heterocycles. The standard InChI is InChI=1S/C22H29N3O2/c1-3-7-21(27)22(10-12-23-13-11-22)14-20(26)19-15-24-16-25(19)17(2)18-8-5-4-6-9-18/h4-6,8-9,15-17,23H,3,7,10-14H2,1-2H3. The second kappa shape index (κ2) is 8.61. The van der Waals surface area contributed by atoms with Crippen LogP contribution in [0.25, 0.3) is 0 Å². The fraction of sp³-hybridized carbons (Fsp3) is 0.500. The first kappa shape index (κ1) is 19.5. The van der Waals surface area contributed by atoms with Crippen molar-refractivity contribution < 1.29 is 9.59 Å². The Morgan fingerprint density at radius 1 is 1.22 bits per heavy atom. The summed E-state index contributed by atoms with van der Waals surface area (Å²) in [5, 5.41) is 3.31. The Hall–Kier alpha value is -2.27. The molecule has 3 rings (SSSR count). The third-order valence-corrected chi connectivity index (χ3v) is 5.78. The number of nitrogens with one attached hydrogen (secondary N) is 1. The third-order valence-electron chi connectivity index (χ3n) is 5.78. The van der Waals surface area contributed by atoms with Crippen LogP contribution in [0.3, 0.4) is 0 Å². The highest BCUT2D eigenvalue weighted by Gasteiger charge is 2.41. The lowest BCUT2D eigenvalue weighted by molar-refractivity contribution is -0.130. The van der Waals surface area contributed by atoms with Crippen molar-refractivity contribution >= 4 is 11.6 Å². The maximum atomic E-state index is 13.2. The smallest absolute Gasteiger partial charge is 0.181 e. The molecule has 0 radical (unpaired) electrons. The number of rotatable bonds is 8. The van der Waals surface area contributed by atoms with Crippen molar-refractivity contribution in [2.45, 2.75) is 52.0 Å². The second-order valence-electron chi connectivity index (χ2n) is 7.58. The molecular formula is C22H29N3O2. The Labute approximate surface area is 161 Å². The SMILES string of the molecule is CCCC(=O)C1(CC(=O)c2cncn2C(C)c2ccccc2)CCNCC1. The van der Waals surface area contributed by atoms with E-state index in [9.17, 15) is 9.59 Å². The topological polar surface area (TPSA) is 64.0 Å². The summed E-state index contributed by atoms with van der Waals surface area (Å²) in [6, 6.07) is 10.1. The molecule has 5 nitrogen and oxygen atoms in total. The van der Waals surface area contributed by atoms with E-state index in [1.165, 1.54) is 0 Å². The van der Waals surface area contributed by atoms with Crippen LogP contribution >= 0.6 is 0 Å². The Morgan fingerprint density at radius 3 is 2.59 bits per heavy atom. The van der Waals surface area contributed by atoms with Crippen LogP contribution in [0.1, 0.15) is 68.0 Å². The van der Waals surface area contributed by atoms with E-state index in [1.54, 1.807) is 12.5 Å². The number of aromatic nitrogens is 2. The number of hydrogen-bond donors (Lipinski definition) is 1. The number of carbonyl (C=O) groups is 2. The molecule has 2 aromatic rings. The average molecular weight is 367 g/mol. The number of nitrogens with zero attached hydrogens (tertiary/aromatic N) is 2. The van der Waals surface area contributed by atoms with E-state index in [-0.39, 0.29) is 24.0 Å². The van der Waals surface area contributed by atoms with Crippen molar-refractivity contribution in [2.24, 2.45) is 5.41 Å². The Kier molecular flexibility index (Phi) is 6.22. The van der Waals surface area contributed by atoms with E-state index < -0.39 is 5.41 Å². The number of ketones is 2. The molecule has 1 fully saturated rings. The van der Waals surface area contributed by atoms with E-state index in [1.807, 2.05) is 29.7 Å². The van der Waals surface area contributed by atoms with E-state index in [0.29, 0.717) is 12.1 Å². The molecule has 2 heterocycles. The average Bonchev–Trinajstić information content (AvgIpc) is 3.19. The van der Waals surface area contributed by atoms with Gasteiger partial charge >= 0.3 is 0 Å². The van der Waals surface area contributed by atoms with Crippen LogP contribution in [0.15, 0.2) is 42.9 Å². The first-order chi connectivity index (χ1) is 13.1. The number of hydrogen-bond acceptors (Lipinski definition) is 4. The zero-order valence-corrected chi connectivity index (χ0v) is 16.3. The zero-order valence-electron chi connectivity index (χ0n) is 16.3. The van der Waals surface area contributed by atoms with Crippen molar-refractivity contribution in [1.82, 2.24) is 14.9 Å². The van der Waals surface area contributed by atoms with Gasteiger partial charge in [-0.15, -0.1) is 0 Å². The molecule has 0 bridgehead atoms. The van der Waals surface area contributed by atoms with E-state index >= 15 is 0 Å². The minimum Gasteiger partial charge on any atom is -0.321 e. The normalized spacial score (nSPS) is 17.4. The van der Waals surface area contributed by atoms with Crippen LogP contribution in [0.2, 0.25) is 0 Å². The first-order valence-corrected chi connectivity index (χ1v) is 9.91. The van der Waals surface area contributed by atoms with Gasteiger partial charge in [-0.2, -0.15) is 0 Å². The molecule has 1 aromatic heterocycles. The van der Waals surface area contributed by atoms with Crippen molar-refractivity contribution in [3.63, 3.8) is 0 Å². The molecule has 0 spiro atoms. The van der Waals surface area contributed by atoms with Gasteiger partial charge in [0, 0.05) is 18.3 Å². The summed E-state index contributed by atoms with van der Waals surface area (Å²) in [4.78, 5) is 30.3. The van der Waals surface area contributed by atoms with Crippen molar-refractivity contribution in [3.8, 4) is 0 Å². The molecule has 1 N–H and O–H groups in total. The molecule has 144 valence electrons. The zero-order chi connectivity index (χ0) is 19.3. The number of imidazole rings is 1. The molecule has 0 aliphatic carbocycles.